The molecule has 0 aliphatic carbocycles. The van der Waals surface area contributed by atoms with E-state index < -0.39 is 0 Å². The predicted octanol–water partition coefficient (Wildman–Crippen LogP) is 3.85. The van der Waals surface area contributed by atoms with Crippen LogP contribution >= 0.6 is 0 Å². The summed E-state index contributed by atoms with van der Waals surface area (Å²) in [5.41, 5.74) is 1.63. The van der Waals surface area contributed by atoms with Gasteiger partial charge in [0.05, 0.1) is 0 Å². The zero-order valence-electron chi connectivity index (χ0n) is 13.7. The topological polar surface area (TPSA) is 15.3 Å². The fourth-order valence-electron chi connectivity index (χ4n) is 3.29. The van der Waals surface area contributed by atoms with Crippen LogP contribution in [0.3, 0.4) is 0 Å². The Labute approximate surface area is 124 Å². The molecular formula is C18H30N2. The molecule has 0 aromatic heterocycles. The normalized spacial score (nSPS) is 24.8. The molecule has 2 rings (SSSR count). The number of hydrogen-bond donors (Lipinski definition) is 1. The van der Waals surface area contributed by atoms with Crippen LogP contribution in [0.25, 0.3) is 0 Å². The molecule has 1 aromatic rings. The SMILES string of the molecule is CC(C)CC1CNC(C)(C)CN1C(C)c1ccccc1. The van der Waals surface area contributed by atoms with Gasteiger partial charge in [-0.05, 0) is 38.7 Å². The summed E-state index contributed by atoms with van der Waals surface area (Å²) in [6.45, 7) is 13.8. The van der Waals surface area contributed by atoms with Gasteiger partial charge in [-0.25, -0.2) is 0 Å². The van der Waals surface area contributed by atoms with Crippen LogP contribution in [0.5, 0.6) is 0 Å². The molecule has 1 fully saturated rings. The lowest BCUT2D eigenvalue weighted by Crippen LogP contribution is -2.62. The van der Waals surface area contributed by atoms with Gasteiger partial charge in [0.2, 0.25) is 0 Å². The van der Waals surface area contributed by atoms with Crippen LogP contribution < -0.4 is 5.32 Å². The molecule has 0 radical (unpaired) electrons. The average molecular weight is 274 g/mol. The standard InChI is InChI=1S/C18H30N2/c1-14(2)11-17-12-19-18(4,5)13-20(17)15(3)16-9-7-6-8-10-16/h6-10,14-15,17,19H,11-13H2,1-5H3. The lowest BCUT2D eigenvalue weighted by Gasteiger charge is -2.48. The van der Waals surface area contributed by atoms with E-state index in [1.54, 1.807) is 0 Å². The Morgan fingerprint density at radius 3 is 2.45 bits per heavy atom. The summed E-state index contributed by atoms with van der Waals surface area (Å²) in [6, 6.07) is 12.0. The van der Waals surface area contributed by atoms with E-state index in [-0.39, 0.29) is 5.54 Å². The maximum Gasteiger partial charge on any atom is 0.0324 e. The Morgan fingerprint density at radius 1 is 1.20 bits per heavy atom. The summed E-state index contributed by atoms with van der Waals surface area (Å²) in [6.07, 6.45) is 1.26. The molecule has 1 saturated heterocycles. The van der Waals surface area contributed by atoms with Gasteiger partial charge in [0.1, 0.15) is 0 Å². The highest BCUT2D eigenvalue weighted by molar-refractivity contribution is 5.19. The number of nitrogens with one attached hydrogen (secondary N) is 1. The average Bonchev–Trinajstić information content (AvgIpc) is 2.40. The number of benzene rings is 1. The lowest BCUT2D eigenvalue weighted by atomic mass is 9.91. The van der Waals surface area contributed by atoms with Crippen molar-refractivity contribution in [3.8, 4) is 0 Å². The summed E-state index contributed by atoms with van der Waals surface area (Å²) in [4.78, 5) is 2.70. The molecule has 2 nitrogen and oxygen atoms in total. The van der Waals surface area contributed by atoms with Gasteiger partial charge in [-0.15, -0.1) is 0 Å². The van der Waals surface area contributed by atoms with Gasteiger partial charge in [0.25, 0.3) is 0 Å². The Bertz CT molecular complexity index is 411. The minimum absolute atomic E-state index is 0.205. The van der Waals surface area contributed by atoms with Crippen molar-refractivity contribution in [2.45, 2.75) is 58.7 Å². The highest BCUT2D eigenvalue weighted by Crippen LogP contribution is 2.29. The Morgan fingerprint density at radius 2 is 1.85 bits per heavy atom. The van der Waals surface area contributed by atoms with Gasteiger partial charge >= 0.3 is 0 Å². The van der Waals surface area contributed by atoms with Crippen LogP contribution in [-0.2, 0) is 0 Å². The first-order valence-electron chi connectivity index (χ1n) is 7.95. The van der Waals surface area contributed by atoms with E-state index in [1.807, 2.05) is 0 Å². The van der Waals surface area contributed by atoms with E-state index in [9.17, 15) is 0 Å². The van der Waals surface area contributed by atoms with Crippen LogP contribution in [0.1, 0.15) is 52.6 Å². The minimum atomic E-state index is 0.205. The second kappa shape index (κ2) is 6.28. The van der Waals surface area contributed by atoms with Crippen molar-refractivity contribution in [1.29, 1.82) is 0 Å². The molecule has 2 unspecified atom stereocenters. The number of hydrogen-bond acceptors (Lipinski definition) is 2. The highest BCUT2D eigenvalue weighted by atomic mass is 15.3. The number of rotatable bonds is 4. The first-order valence-corrected chi connectivity index (χ1v) is 7.95. The van der Waals surface area contributed by atoms with Crippen molar-refractivity contribution in [3.63, 3.8) is 0 Å². The first kappa shape index (κ1) is 15.5. The molecule has 0 bridgehead atoms. The zero-order valence-corrected chi connectivity index (χ0v) is 13.7. The van der Waals surface area contributed by atoms with Gasteiger partial charge in [0.15, 0.2) is 0 Å². The van der Waals surface area contributed by atoms with Crippen molar-refractivity contribution in [3.05, 3.63) is 35.9 Å². The van der Waals surface area contributed by atoms with Crippen LogP contribution in [0, 0.1) is 5.92 Å². The Hall–Kier alpha value is -0.860. The third-order valence-electron chi connectivity index (χ3n) is 4.39. The molecular weight excluding hydrogens is 244 g/mol. The zero-order chi connectivity index (χ0) is 14.8. The van der Waals surface area contributed by atoms with E-state index >= 15 is 0 Å². The first-order chi connectivity index (χ1) is 9.39. The smallest absolute Gasteiger partial charge is 0.0324 e. The highest BCUT2D eigenvalue weighted by Gasteiger charge is 2.35. The van der Waals surface area contributed by atoms with Gasteiger partial charge < -0.3 is 5.32 Å². The third-order valence-corrected chi connectivity index (χ3v) is 4.39. The monoisotopic (exact) mass is 274 g/mol. The second-order valence-electron chi connectivity index (χ2n) is 7.31. The summed E-state index contributed by atoms with van der Waals surface area (Å²) in [7, 11) is 0. The van der Waals surface area contributed by atoms with Crippen LogP contribution in [0.2, 0.25) is 0 Å². The molecule has 0 saturated carbocycles. The Kier molecular flexibility index (Phi) is 4.87. The van der Waals surface area contributed by atoms with E-state index in [4.69, 9.17) is 0 Å². The predicted molar refractivity (Wildman–Crippen MR) is 86.9 cm³/mol. The maximum absolute atomic E-state index is 3.71. The largest absolute Gasteiger partial charge is 0.309 e. The van der Waals surface area contributed by atoms with Crippen molar-refractivity contribution in [2.24, 2.45) is 5.92 Å². The van der Waals surface area contributed by atoms with E-state index in [0.717, 1.165) is 19.0 Å². The molecule has 0 amide bonds. The number of nitrogens with zero attached hydrogens (tertiary/aromatic N) is 1. The van der Waals surface area contributed by atoms with Crippen molar-refractivity contribution in [1.82, 2.24) is 10.2 Å². The molecule has 1 aliphatic heterocycles. The molecule has 2 heteroatoms. The molecule has 1 aromatic carbocycles. The molecule has 1 heterocycles. The molecule has 1 aliphatic rings. The van der Waals surface area contributed by atoms with Gasteiger partial charge in [-0.2, -0.15) is 0 Å². The summed E-state index contributed by atoms with van der Waals surface area (Å²) < 4.78 is 0. The van der Waals surface area contributed by atoms with Crippen molar-refractivity contribution in [2.75, 3.05) is 13.1 Å². The summed E-state index contributed by atoms with van der Waals surface area (Å²) in [5, 5.41) is 3.71. The van der Waals surface area contributed by atoms with E-state index in [2.05, 4.69) is 75.2 Å². The molecule has 20 heavy (non-hydrogen) atoms. The summed E-state index contributed by atoms with van der Waals surface area (Å²) >= 11 is 0. The quantitative estimate of drug-likeness (QED) is 0.897. The van der Waals surface area contributed by atoms with E-state index in [1.165, 1.54) is 12.0 Å². The van der Waals surface area contributed by atoms with Gasteiger partial charge in [-0.1, -0.05) is 44.2 Å². The molecule has 112 valence electrons. The third kappa shape index (κ3) is 3.83. The van der Waals surface area contributed by atoms with Crippen LogP contribution in [-0.4, -0.2) is 29.6 Å². The van der Waals surface area contributed by atoms with E-state index in [0.29, 0.717) is 12.1 Å². The second-order valence-corrected chi connectivity index (χ2v) is 7.31. The fourth-order valence-corrected chi connectivity index (χ4v) is 3.29. The van der Waals surface area contributed by atoms with Crippen molar-refractivity contribution < 1.29 is 0 Å². The minimum Gasteiger partial charge on any atom is -0.309 e. The summed E-state index contributed by atoms with van der Waals surface area (Å²) in [5.74, 6) is 0.744. The molecule has 2 atom stereocenters. The van der Waals surface area contributed by atoms with Gasteiger partial charge in [-0.3, -0.25) is 4.90 Å². The number of piperazine rings is 1. The maximum atomic E-state index is 3.71. The van der Waals surface area contributed by atoms with Crippen molar-refractivity contribution >= 4 is 0 Å². The fraction of sp³-hybridized carbons (Fsp3) is 0.667. The molecule has 1 N–H and O–H groups in total. The van der Waals surface area contributed by atoms with Crippen LogP contribution in [0.15, 0.2) is 30.3 Å². The lowest BCUT2D eigenvalue weighted by molar-refractivity contribution is 0.0494. The van der Waals surface area contributed by atoms with Gasteiger partial charge in [0, 0.05) is 30.7 Å². The Balaban J connectivity index is 2.18. The molecule has 0 spiro atoms. The van der Waals surface area contributed by atoms with Crippen LogP contribution in [0.4, 0.5) is 0 Å².